The minimum atomic E-state index is 0.0955. The largest absolute Gasteiger partial charge is 0.355 e. The highest BCUT2D eigenvalue weighted by molar-refractivity contribution is 5.76. The average molecular weight is 392 g/mol. The summed E-state index contributed by atoms with van der Waals surface area (Å²) in [4.78, 5) is 6.71. The fraction of sp³-hybridized carbons (Fsp3) is 0.458. The van der Waals surface area contributed by atoms with Crippen molar-refractivity contribution in [1.29, 1.82) is 0 Å². The van der Waals surface area contributed by atoms with Gasteiger partial charge >= 0.3 is 0 Å². The van der Waals surface area contributed by atoms with E-state index < -0.39 is 0 Å². The van der Waals surface area contributed by atoms with E-state index >= 15 is 0 Å². The predicted octanol–water partition coefficient (Wildman–Crippen LogP) is 5.09. The Bertz CT molecular complexity index is 880. The van der Waals surface area contributed by atoms with Crippen molar-refractivity contribution in [2.45, 2.75) is 64.6 Å². The number of piperidine rings is 1. The van der Waals surface area contributed by atoms with Crippen LogP contribution in [0.3, 0.4) is 0 Å². The quantitative estimate of drug-likeness (QED) is 0.722. The normalized spacial score (nSPS) is 18.7. The van der Waals surface area contributed by atoms with E-state index in [0.717, 1.165) is 41.2 Å². The summed E-state index contributed by atoms with van der Waals surface area (Å²) in [5.41, 5.74) is 4.09. The molecular weight excluding hydrogens is 358 g/mol. The fourth-order valence-corrected chi connectivity index (χ4v) is 4.44. The summed E-state index contributed by atoms with van der Waals surface area (Å²) in [6.07, 6.45) is 5.52. The molecule has 0 unspecified atom stereocenters. The minimum absolute atomic E-state index is 0.0955. The van der Waals surface area contributed by atoms with Gasteiger partial charge in [-0.1, -0.05) is 24.8 Å². The first kappa shape index (κ1) is 21.2. The van der Waals surface area contributed by atoms with Crippen LogP contribution in [0.1, 0.15) is 46.1 Å². The molecule has 1 aliphatic heterocycles. The third-order valence-corrected chi connectivity index (χ3v) is 5.55. The molecule has 1 saturated heterocycles. The summed E-state index contributed by atoms with van der Waals surface area (Å²) in [6.45, 7) is 14.8. The van der Waals surface area contributed by atoms with Crippen LogP contribution in [0, 0.1) is 6.92 Å². The van der Waals surface area contributed by atoms with E-state index in [2.05, 4.69) is 84.9 Å². The molecule has 0 amide bonds. The second kappa shape index (κ2) is 8.07. The minimum Gasteiger partial charge on any atom is -0.355 e. The van der Waals surface area contributed by atoms with Crippen LogP contribution in [0.4, 0.5) is 11.5 Å². The molecule has 1 aliphatic rings. The molecule has 0 saturated carbocycles. The molecule has 1 fully saturated rings. The van der Waals surface area contributed by atoms with Gasteiger partial charge in [0.25, 0.3) is 0 Å². The SMILES string of the molecule is C=CC=Nc1cc(-c2ccc(N(C)C3CC(C)(C)NC(C)(C)C3)nn2)ccc1C. The number of hydrogen-bond acceptors (Lipinski definition) is 5. The number of rotatable bonds is 5. The number of aromatic nitrogens is 2. The van der Waals surface area contributed by atoms with Gasteiger partial charge in [-0.3, -0.25) is 4.99 Å². The van der Waals surface area contributed by atoms with E-state index in [4.69, 9.17) is 0 Å². The third-order valence-electron chi connectivity index (χ3n) is 5.55. The third kappa shape index (κ3) is 5.10. The Morgan fingerprint density at radius 2 is 1.79 bits per heavy atom. The summed E-state index contributed by atoms with van der Waals surface area (Å²) in [5.74, 6) is 0.907. The Balaban J connectivity index is 1.81. The van der Waals surface area contributed by atoms with E-state index in [0.29, 0.717) is 6.04 Å². The Morgan fingerprint density at radius 3 is 2.38 bits per heavy atom. The standard InChI is InChI=1S/C24H33N5/c1-8-13-25-21-14-18(10-9-17(21)2)20-11-12-22(27-26-20)29(7)19-15-23(3,4)28-24(5,6)16-19/h8-14,19,28H,1,15-16H2,2-7H3. The van der Waals surface area contributed by atoms with Crippen LogP contribution >= 0.6 is 0 Å². The van der Waals surface area contributed by atoms with Crippen molar-refractivity contribution in [3.63, 3.8) is 0 Å². The molecule has 0 atom stereocenters. The van der Waals surface area contributed by atoms with Gasteiger partial charge in [-0.25, -0.2) is 0 Å². The van der Waals surface area contributed by atoms with Crippen molar-refractivity contribution in [1.82, 2.24) is 15.5 Å². The molecule has 0 bridgehead atoms. The number of nitrogens with one attached hydrogen (secondary N) is 1. The first-order valence-electron chi connectivity index (χ1n) is 10.2. The molecule has 2 aromatic rings. The van der Waals surface area contributed by atoms with Gasteiger partial charge in [-0.15, -0.1) is 10.2 Å². The van der Waals surface area contributed by atoms with Crippen molar-refractivity contribution in [3.05, 3.63) is 48.6 Å². The zero-order valence-electron chi connectivity index (χ0n) is 18.5. The molecule has 29 heavy (non-hydrogen) atoms. The van der Waals surface area contributed by atoms with Gasteiger partial charge in [0, 0.05) is 35.9 Å². The van der Waals surface area contributed by atoms with Gasteiger partial charge in [-0.2, -0.15) is 0 Å². The Kier molecular flexibility index (Phi) is 5.90. The van der Waals surface area contributed by atoms with Gasteiger partial charge in [0.15, 0.2) is 5.82 Å². The Labute approximate surface area is 175 Å². The molecule has 1 aromatic carbocycles. The fourth-order valence-electron chi connectivity index (χ4n) is 4.44. The molecule has 5 heteroatoms. The lowest BCUT2D eigenvalue weighted by atomic mass is 9.79. The maximum Gasteiger partial charge on any atom is 0.151 e. The van der Waals surface area contributed by atoms with Crippen molar-refractivity contribution in [3.8, 4) is 11.3 Å². The molecule has 0 radical (unpaired) electrons. The van der Waals surface area contributed by atoms with Crippen molar-refractivity contribution < 1.29 is 0 Å². The average Bonchev–Trinajstić information content (AvgIpc) is 2.64. The second-order valence-corrected chi connectivity index (χ2v) is 9.36. The van der Waals surface area contributed by atoms with Gasteiger partial charge < -0.3 is 10.2 Å². The highest BCUT2D eigenvalue weighted by Crippen LogP contribution is 2.33. The van der Waals surface area contributed by atoms with Gasteiger partial charge in [-0.05, 0) is 71.2 Å². The molecule has 3 rings (SSSR count). The summed E-state index contributed by atoms with van der Waals surface area (Å²) in [6, 6.07) is 10.7. The predicted molar refractivity (Wildman–Crippen MR) is 123 cm³/mol. The number of aliphatic imine (C=N–C) groups is 1. The van der Waals surface area contributed by atoms with Crippen LogP contribution < -0.4 is 10.2 Å². The molecular formula is C24H33N5. The number of nitrogens with zero attached hydrogens (tertiary/aromatic N) is 4. The summed E-state index contributed by atoms with van der Waals surface area (Å²) in [5, 5.41) is 12.8. The molecule has 0 spiro atoms. The number of anilines is 1. The molecule has 2 heterocycles. The maximum atomic E-state index is 4.54. The highest BCUT2D eigenvalue weighted by Gasteiger charge is 2.39. The molecule has 5 nitrogen and oxygen atoms in total. The van der Waals surface area contributed by atoms with E-state index in [9.17, 15) is 0 Å². The molecule has 154 valence electrons. The zero-order chi connectivity index (χ0) is 21.2. The van der Waals surface area contributed by atoms with Gasteiger partial charge in [0.1, 0.15) is 0 Å². The molecule has 1 N–H and O–H groups in total. The first-order chi connectivity index (χ1) is 13.6. The van der Waals surface area contributed by atoms with Crippen LogP contribution in [-0.2, 0) is 0 Å². The Hall–Kier alpha value is -2.53. The van der Waals surface area contributed by atoms with Crippen molar-refractivity contribution in [2.24, 2.45) is 4.99 Å². The van der Waals surface area contributed by atoms with Crippen LogP contribution in [-0.4, -0.2) is 40.6 Å². The summed E-state index contributed by atoms with van der Waals surface area (Å²) in [7, 11) is 2.12. The lowest BCUT2D eigenvalue weighted by Crippen LogP contribution is -2.62. The number of benzene rings is 1. The van der Waals surface area contributed by atoms with E-state index in [-0.39, 0.29) is 11.1 Å². The lowest BCUT2D eigenvalue weighted by Gasteiger charge is -2.49. The van der Waals surface area contributed by atoms with Gasteiger partial charge in [0.05, 0.1) is 11.4 Å². The summed E-state index contributed by atoms with van der Waals surface area (Å²) >= 11 is 0. The molecule has 0 aliphatic carbocycles. The van der Waals surface area contributed by atoms with E-state index in [1.165, 1.54) is 0 Å². The van der Waals surface area contributed by atoms with Crippen LogP contribution in [0.2, 0.25) is 0 Å². The number of allylic oxidation sites excluding steroid dienone is 1. The maximum absolute atomic E-state index is 4.54. The van der Waals surface area contributed by atoms with Crippen LogP contribution in [0.25, 0.3) is 11.3 Å². The smallest absolute Gasteiger partial charge is 0.151 e. The number of aryl methyl sites for hydroxylation is 1. The van der Waals surface area contributed by atoms with E-state index in [1.54, 1.807) is 12.3 Å². The number of hydrogen-bond donors (Lipinski definition) is 1. The van der Waals surface area contributed by atoms with Crippen molar-refractivity contribution >= 4 is 17.7 Å². The zero-order valence-corrected chi connectivity index (χ0v) is 18.5. The topological polar surface area (TPSA) is 53.4 Å². The van der Waals surface area contributed by atoms with Crippen LogP contribution in [0.15, 0.2) is 48.0 Å². The van der Waals surface area contributed by atoms with Gasteiger partial charge in [0.2, 0.25) is 0 Å². The monoisotopic (exact) mass is 391 g/mol. The van der Waals surface area contributed by atoms with Crippen molar-refractivity contribution in [2.75, 3.05) is 11.9 Å². The lowest BCUT2D eigenvalue weighted by molar-refractivity contribution is 0.160. The second-order valence-electron chi connectivity index (χ2n) is 9.36. The van der Waals surface area contributed by atoms with Crippen LogP contribution in [0.5, 0.6) is 0 Å². The van der Waals surface area contributed by atoms with E-state index in [1.807, 2.05) is 19.1 Å². The molecule has 1 aromatic heterocycles. The summed E-state index contributed by atoms with van der Waals surface area (Å²) < 4.78 is 0. The highest BCUT2D eigenvalue weighted by atomic mass is 15.3. The Morgan fingerprint density at radius 1 is 1.10 bits per heavy atom. The first-order valence-corrected chi connectivity index (χ1v) is 10.2.